The van der Waals surface area contributed by atoms with E-state index in [9.17, 15) is 14.4 Å². The molecule has 8 heteroatoms. The summed E-state index contributed by atoms with van der Waals surface area (Å²) in [5.41, 5.74) is -1.53. The molecule has 0 saturated heterocycles. The molecule has 0 saturated carbocycles. The van der Waals surface area contributed by atoms with E-state index in [2.05, 4.69) is 10.1 Å². The number of hydrogen-bond donors (Lipinski definition) is 2. The summed E-state index contributed by atoms with van der Waals surface area (Å²) in [7, 11) is 0. The average molecular weight is 258 g/mol. The number of aliphatic carboxylic acids is 1. The van der Waals surface area contributed by atoms with Crippen molar-refractivity contribution in [2.45, 2.75) is 19.4 Å². The van der Waals surface area contributed by atoms with Crippen molar-refractivity contribution in [3.8, 4) is 0 Å². The van der Waals surface area contributed by atoms with E-state index in [1.165, 1.54) is 19.2 Å². The predicted molar refractivity (Wildman–Crippen MR) is 60.3 cm³/mol. The molecule has 0 spiro atoms. The van der Waals surface area contributed by atoms with E-state index in [1.807, 2.05) is 0 Å². The van der Waals surface area contributed by atoms with Crippen LogP contribution in [0.25, 0.3) is 0 Å². The molecule has 92 valence electrons. The van der Waals surface area contributed by atoms with Crippen LogP contribution in [0, 0.1) is 0 Å². The summed E-state index contributed by atoms with van der Waals surface area (Å²) in [6, 6.07) is 0. The number of thiazole rings is 1. The molecule has 1 heterocycles. The zero-order chi connectivity index (χ0) is 13.1. The van der Waals surface area contributed by atoms with Gasteiger partial charge in [0.05, 0.1) is 5.69 Å². The van der Waals surface area contributed by atoms with Gasteiger partial charge in [0.2, 0.25) is 5.60 Å². The lowest BCUT2D eigenvalue weighted by atomic mass is 10.1. The number of rotatable bonds is 5. The van der Waals surface area contributed by atoms with Gasteiger partial charge in [-0.2, -0.15) is 0 Å². The Hall–Kier alpha value is -1.96. The van der Waals surface area contributed by atoms with Gasteiger partial charge in [-0.25, -0.2) is 4.79 Å². The molecule has 1 aromatic rings. The number of nitrogens with zero attached hydrogens (tertiary/aromatic N) is 1. The van der Waals surface area contributed by atoms with Gasteiger partial charge < -0.3 is 14.9 Å². The second-order valence-corrected chi connectivity index (χ2v) is 4.41. The number of nitrogens with one attached hydrogen (secondary N) is 1. The molecule has 0 aromatic carbocycles. The highest BCUT2D eigenvalue weighted by Gasteiger charge is 2.30. The summed E-state index contributed by atoms with van der Waals surface area (Å²) in [6.07, 6.45) is 0.371. The van der Waals surface area contributed by atoms with Crippen molar-refractivity contribution in [3.05, 3.63) is 20.7 Å². The predicted octanol–water partition coefficient (Wildman–Crippen LogP) is 0.219. The lowest BCUT2D eigenvalue weighted by molar-refractivity contribution is -0.161. The normalized spacial score (nSPS) is 12.2. The van der Waals surface area contributed by atoms with E-state index in [0.29, 0.717) is 6.29 Å². The first kappa shape index (κ1) is 13.1. The van der Waals surface area contributed by atoms with Crippen LogP contribution in [-0.2, 0) is 14.4 Å². The molecule has 0 amide bonds. The van der Waals surface area contributed by atoms with Crippen molar-refractivity contribution in [1.82, 2.24) is 4.98 Å². The Bertz CT molecular complexity index is 513. The van der Waals surface area contributed by atoms with Crippen molar-refractivity contribution in [1.29, 1.82) is 0 Å². The highest BCUT2D eigenvalue weighted by molar-refractivity contribution is 7.07. The first-order valence-corrected chi connectivity index (χ1v) is 5.37. The minimum Gasteiger partial charge on any atom is -0.478 e. The molecule has 0 fully saturated rings. The van der Waals surface area contributed by atoms with Gasteiger partial charge in [-0.05, 0) is 13.8 Å². The molecule has 17 heavy (non-hydrogen) atoms. The van der Waals surface area contributed by atoms with Gasteiger partial charge in [-0.3, -0.25) is 9.59 Å². The van der Waals surface area contributed by atoms with Gasteiger partial charge in [-0.15, -0.1) is 0 Å². The maximum atomic E-state index is 10.9. The highest BCUT2D eigenvalue weighted by atomic mass is 32.1. The summed E-state index contributed by atoms with van der Waals surface area (Å²) < 4.78 is 0. The smallest absolute Gasteiger partial charge is 0.350 e. The Labute approximate surface area is 99.7 Å². The minimum atomic E-state index is -1.55. The van der Waals surface area contributed by atoms with Gasteiger partial charge in [0.15, 0.2) is 12.0 Å². The van der Waals surface area contributed by atoms with Gasteiger partial charge in [-0.1, -0.05) is 16.5 Å². The molecular formula is C9H10N2O5S. The summed E-state index contributed by atoms with van der Waals surface area (Å²) >= 11 is 0.865. The van der Waals surface area contributed by atoms with Crippen LogP contribution in [0.15, 0.2) is 15.3 Å². The SMILES string of the molecule is CC(C)(O/N=C(\C=O)c1csc(=O)[nH]1)C(=O)O. The Morgan fingerprint density at radius 3 is 2.71 bits per heavy atom. The molecule has 0 unspecified atom stereocenters. The first-order chi connectivity index (χ1) is 7.86. The van der Waals surface area contributed by atoms with Gasteiger partial charge in [0, 0.05) is 5.38 Å². The molecule has 7 nitrogen and oxygen atoms in total. The fourth-order valence-corrected chi connectivity index (χ4v) is 1.32. The number of aromatic nitrogens is 1. The number of carboxylic acids is 1. The van der Waals surface area contributed by atoms with Crippen LogP contribution in [0.3, 0.4) is 0 Å². The summed E-state index contributed by atoms with van der Waals surface area (Å²) in [5, 5.41) is 13.6. The number of hydrogen-bond acceptors (Lipinski definition) is 6. The lowest BCUT2D eigenvalue weighted by Gasteiger charge is -2.16. The molecule has 2 N–H and O–H groups in total. The number of aromatic amines is 1. The van der Waals surface area contributed by atoms with E-state index < -0.39 is 11.6 Å². The molecule has 1 aromatic heterocycles. The topological polar surface area (TPSA) is 109 Å². The molecular weight excluding hydrogens is 248 g/mol. The fraction of sp³-hybridized carbons (Fsp3) is 0.333. The molecule has 0 atom stereocenters. The average Bonchev–Trinajstić information content (AvgIpc) is 2.65. The highest BCUT2D eigenvalue weighted by Crippen LogP contribution is 2.10. The Kier molecular flexibility index (Phi) is 3.79. The molecule has 0 aliphatic rings. The molecule has 1 rings (SSSR count). The van der Waals surface area contributed by atoms with Crippen LogP contribution >= 0.6 is 11.3 Å². The number of carbonyl (C=O) groups excluding carboxylic acids is 1. The van der Waals surface area contributed by atoms with Crippen molar-refractivity contribution in [2.24, 2.45) is 5.16 Å². The number of carboxylic acid groups (broad SMARTS) is 1. The maximum absolute atomic E-state index is 10.9. The van der Waals surface area contributed by atoms with Crippen LogP contribution in [0.1, 0.15) is 19.5 Å². The van der Waals surface area contributed by atoms with Gasteiger partial charge in [0.25, 0.3) is 0 Å². The monoisotopic (exact) mass is 258 g/mol. The van der Waals surface area contributed by atoms with Gasteiger partial charge in [0.1, 0.15) is 0 Å². The van der Waals surface area contributed by atoms with E-state index in [4.69, 9.17) is 9.94 Å². The first-order valence-electron chi connectivity index (χ1n) is 4.50. The van der Waals surface area contributed by atoms with Crippen LogP contribution in [0.4, 0.5) is 0 Å². The van der Waals surface area contributed by atoms with Crippen molar-refractivity contribution >= 4 is 29.3 Å². The zero-order valence-corrected chi connectivity index (χ0v) is 9.91. The molecule has 0 bridgehead atoms. The summed E-state index contributed by atoms with van der Waals surface area (Å²) in [4.78, 5) is 39.1. The standard InChI is InChI=1S/C9H10N2O5S/c1-9(2,7(13)14)16-11-5(3-12)6-4-17-8(15)10-6/h3-4H,1-2H3,(H,10,15)(H,13,14)/b11-5+. The van der Waals surface area contributed by atoms with Crippen LogP contribution < -0.4 is 4.87 Å². The Balaban J connectivity index is 2.93. The minimum absolute atomic E-state index is 0.169. The van der Waals surface area contributed by atoms with E-state index >= 15 is 0 Å². The quantitative estimate of drug-likeness (QED) is 0.446. The summed E-state index contributed by atoms with van der Waals surface area (Å²) in [5.74, 6) is -1.22. The fourth-order valence-electron chi connectivity index (χ4n) is 0.742. The second-order valence-electron chi connectivity index (χ2n) is 3.56. The molecule has 0 aliphatic heterocycles. The van der Waals surface area contributed by atoms with Crippen molar-refractivity contribution in [3.63, 3.8) is 0 Å². The number of H-pyrrole nitrogens is 1. The number of aldehydes is 1. The number of carbonyl (C=O) groups is 2. The largest absolute Gasteiger partial charge is 0.478 e. The Morgan fingerprint density at radius 2 is 2.29 bits per heavy atom. The molecule has 0 aliphatic carbocycles. The van der Waals surface area contributed by atoms with Crippen molar-refractivity contribution < 1.29 is 19.5 Å². The van der Waals surface area contributed by atoms with Crippen LogP contribution in [0.2, 0.25) is 0 Å². The third kappa shape index (κ3) is 3.25. The maximum Gasteiger partial charge on any atom is 0.350 e. The van der Waals surface area contributed by atoms with E-state index in [1.54, 1.807) is 0 Å². The van der Waals surface area contributed by atoms with Gasteiger partial charge >= 0.3 is 10.8 Å². The van der Waals surface area contributed by atoms with E-state index in [-0.39, 0.29) is 16.3 Å². The second kappa shape index (κ2) is 4.91. The zero-order valence-electron chi connectivity index (χ0n) is 9.09. The lowest BCUT2D eigenvalue weighted by Crippen LogP contribution is -2.33. The van der Waals surface area contributed by atoms with Crippen molar-refractivity contribution in [2.75, 3.05) is 0 Å². The van der Waals surface area contributed by atoms with Crippen LogP contribution in [-0.4, -0.2) is 33.7 Å². The summed E-state index contributed by atoms with van der Waals surface area (Å²) in [6.45, 7) is 2.58. The van der Waals surface area contributed by atoms with E-state index in [0.717, 1.165) is 11.3 Å². The molecule has 0 radical (unpaired) electrons. The Morgan fingerprint density at radius 1 is 1.65 bits per heavy atom. The van der Waals surface area contributed by atoms with Crippen LogP contribution in [0.5, 0.6) is 0 Å². The third-order valence-electron chi connectivity index (χ3n) is 1.80. The number of oxime groups is 1. The third-order valence-corrected chi connectivity index (χ3v) is 2.47.